The highest BCUT2D eigenvalue weighted by Gasteiger charge is 2.20. The Bertz CT molecular complexity index is 818. The lowest BCUT2D eigenvalue weighted by Gasteiger charge is -2.23. The molecule has 2 atom stereocenters. The van der Waals surface area contributed by atoms with E-state index in [4.69, 9.17) is 16.3 Å². The number of carbonyl (C=O) groups excluding carboxylic acids is 1. The van der Waals surface area contributed by atoms with Gasteiger partial charge < -0.3 is 10.1 Å². The molecule has 0 heterocycles. The number of aryl methyl sites for hydroxylation is 3. The van der Waals surface area contributed by atoms with E-state index in [1.807, 2.05) is 13.0 Å². The first-order valence-electron chi connectivity index (χ1n) is 9.82. The number of rotatable bonds is 6. The van der Waals surface area contributed by atoms with Crippen molar-refractivity contribution in [3.63, 3.8) is 0 Å². The molecule has 0 aromatic heterocycles. The maximum absolute atomic E-state index is 12.7. The number of halogens is 1. The summed E-state index contributed by atoms with van der Waals surface area (Å²) in [4.78, 5) is 12.7. The quantitative estimate of drug-likeness (QED) is 0.706. The highest BCUT2D eigenvalue weighted by molar-refractivity contribution is 6.31. The molecule has 144 valence electrons. The van der Waals surface area contributed by atoms with Crippen LogP contribution in [0.2, 0.25) is 5.02 Å². The van der Waals surface area contributed by atoms with Crippen molar-refractivity contribution in [3.05, 3.63) is 63.7 Å². The summed E-state index contributed by atoms with van der Waals surface area (Å²) in [6, 6.07) is 12.1. The van der Waals surface area contributed by atoms with Gasteiger partial charge in [0.2, 0.25) is 0 Å². The van der Waals surface area contributed by atoms with Crippen LogP contribution in [0.1, 0.15) is 61.4 Å². The van der Waals surface area contributed by atoms with E-state index in [-0.39, 0.29) is 11.9 Å². The summed E-state index contributed by atoms with van der Waals surface area (Å²) in [5.74, 6) is 0.550. The van der Waals surface area contributed by atoms with Crippen LogP contribution in [0.4, 0.5) is 0 Å². The van der Waals surface area contributed by atoms with Gasteiger partial charge in [-0.25, -0.2) is 0 Å². The van der Waals surface area contributed by atoms with E-state index < -0.39 is 6.10 Å². The average Bonchev–Trinajstić information content (AvgIpc) is 2.68. The minimum Gasteiger partial charge on any atom is -0.481 e. The third kappa shape index (κ3) is 4.84. The fourth-order valence-electron chi connectivity index (χ4n) is 3.63. The summed E-state index contributed by atoms with van der Waals surface area (Å²) >= 11 is 6.05. The molecular formula is C23H28ClNO2. The molecule has 0 unspecified atom stereocenters. The molecule has 0 radical (unpaired) electrons. The van der Waals surface area contributed by atoms with Gasteiger partial charge in [-0.15, -0.1) is 0 Å². The van der Waals surface area contributed by atoms with E-state index in [2.05, 4.69) is 30.4 Å². The van der Waals surface area contributed by atoms with Crippen molar-refractivity contribution in [2.24, 2.45) is 0 Å². The van der Waals surface area contributed by atoms with Crippen molar-refractivity contribution < 1.29 is 9.53 Å². The average molecular weight is 386 g/mol. The Morgan fingerprint density at radius 2 is 1.89 bits per heavy atom. The van der Waals surface area contributed by atoms with Crippen LogP contribution in [0.15, 0.2) is 36.4 Å². The molecule has 0 saturated heterocycles. The van der Waals surface area contributed by atoms with Gasteiger partial charge in [0.1, 0.15) is 5.75 Å². The molecule has 1 aliphatic rings. The molecule has 1 N–H and O–H groups in total. The molecule has 0 fully saturated rings. The topological polar surface area (TPSA) is 38.3 Å². The highest BCUT2D eigenvalue weighted by Crippen LogP contribution is 2.26. The third-order valence-electron chi connectivity index (χ3n) is 5.31. The SMILES string of the molecule is CC[C@H](NC(=O)[C@H](C)Oc1ccc(Cl)c(C)c1)c1ccc2c(c1)CCCC2. The van der Waals surface area contributed by atoms with Gasteiger partial charge in [0.15, 0.2) is 6.10 Å². The van der Waals surface area contributed by atoms with E-state index in [9.17, 15) is 4.79 Å². The van der Waals surface area contributed by atoms with Crippen LogP contribution in [-0.2, 0) is 17.6 Å². The second-order valence-electron chi connectivity index (χ2n) is 7.38. The second kappa shape index (κ2) is 8.79. The zero-order chi connectivity index (χ0) is 19.4. The van der Waals surface area contributed by atoms with Crippen molar-refractivity contribution in [2.45, 2.75) is 65.0 Å². The van der Waals surface area contributed by atoms with Crippen LogP contribution in [0.5, 0.6) is 5.75 Å². The number of hydrogen-bond acceptors (Lipinski definition) is 2. The molecule has 4 heteroatoms. The van der Waals surface area contributed by atoms with Crippen LogP contribution in [0.25, 0.3) is 0 Å². The number of carbonyl (C=O) groups is 1. The van der Waals surface area contributed by atoms with Crippen molar-refractivity contribution in [3.8, 4) is 5.75 Å². The van der Waals surface area contributed by atoms with Crippen molar-refractivity contribution in [1.29, 1.82) is 0 Å². The summed E-state index contributed by atoms with van der Waals surface area (Å²) in [6.07, 6.45) is 5.12. The van der Waals surface area contributed by atoms with E-state index in [1.165, 1.54) is 36.0 Å². The molecular weight excluding hydrogens is 358 g/mol. The van der Waals surface area contributed by atoms with Crippen molar-refractivity contribution in [2.75, 3.05) is 0 Å². The third-order valence-corrected chi connectivity index (χ3v) is 5.74. The summed E-state index contributed by atoms with van der Waals surface area (Å²) < 4.78 is 5.81. The summed E-state index contributed by atoms with van der Waals surface area (Å²) in [7, 11) is 0. The van der Waals surface area contributed by atoms with Gasteiger partial charge in [0.05, 0.1) is 6.04 Å². The van der Waals surface area contributed by atoms with Gasteiger partial charge in [0.25, 0.3) is 5.91 Å². The van der Waals surface area contributed by atoms with E-state index >= 15 is 0 Å². The van der Waals surface area contributed by atoms with E-state index in [1.54, 1.807) is 19.1 Å². The lowest BCUT2D eigenvalue weighted by atomic mass is 9.89. The van der Waals surface area contributed by atoms with E-state index in [0.717, 1.165) is 18.4 Å². The predicted octanol–water partition coefficient (Wildman–Crippen LogP) is 5.56. The molecule has 1 aliphatic carbocycles. The first-order chi connectivity index (χ1) is 13.0. The first-order valence-corrected chi connectivity index (χ1v) is 10.2. The fraction of sp³-hybridized carbons (Fsp3) is 0.435. The van der Waals surface area contributed by atoms with Gasteiger partial charge >= 0.3 is 0 Å². The summed E-state index contributed by atoms with van der Waals surface area (Å²) in [5, 5.41) is 3.84. The van der Waals surface area contributed by atoms with Crippen LogP contribution >= 0.6 is 11.6 Å². The lowest BCUT2D eigenvalue weighted by Crippen LogP contribution is -2.38. The fourth-order valence-corrected chi connectivity index (χ4v) is 3.75. The summed E-state index contributed by atoms with van der Waals surface area (Å²) in [5.41, 5.74) is 5.01. The summed E-state index contributed by atoms with van der Waals surface area (Å²) in [6.45, 7) is 5.79. The Morgan fingerprint density at radius 1 is 1.15 bits per heavy atom. The minimum absolute atomic E-state index is 0.00253. The van der Waals surface area contributed by atoms with Crippen LogP contribution < -0.4 is 10.1 Å². The maximum atomic E-state index is 12.7. The van der Waals surface area contributed by atoms with Gasteiger partial charge in [-0.2, -0.15) is 0 Å². The molecule has 27 heavy (non-hydrogen) atoms. The zero-order valence-corrected chi connectivity index (χ0v) is 17.1. The van der Waals surface area contributed by atoms with Crippen LogP contribution in [0.3, 0.4) is 0 Å². The van der Waals surface area contributed by atoms with E-state index in [0.29, 0.717) is 10.8 Å². The largest absolute Gasteiger partial charge is 0.481 e. The molecule has 2 aromatic carbocycles. The predicted molar refractivity (Wildman–Crippen MR) is 111 cm³/mol. The Hall–Kier alpha value is -2.00. The van der Waals surface area contributed by atoms with Gasteiger partial charge in [-0.1, -0.05) is 36.7 Å². The number of amides is 1. The number of hydrogen-bond donors (Lipinski definition) is 1. The van der Waals surface area contributed by atoms with Crippen LogP contribution in [-0.4, -0.2) is 12.0 Å². The molecule has 0 aliphatic heterocycles. The van der Waals surface area contributed by atoms with Gasteiger partial charge in [0, 0.05) is 5.02 Å². The maximum Gasteiger partial charge on any atom is 0.261 e. The van der Waals surface area contributed by atoms with Gasteiger partial charge in [-0.05, 0) is 86.4 Å². The molecule has 3 rings (SSSR count). The van der Waals surface area contributed by atoms with Crippen molar-refractivity contribution in [1.82, 2.24) is 5.32 Å². The number of fused-ring (bicyclic) bond motifs is 1. The monoisotopic (exact) mass is 385 g/mol. The zero-order valence-electron chi connectivity index (χ0n) is 16.3. The molecule has 0 spiro atoms. The molecule has 0 saturated carbocycles. The molecule has 0 bridgehead atoms. The highest BCUT2D eigenvalue weighted by atomic mass is 35.5. The molecule has 2 aromatic rings. The lowest BCUT2D eigenvalue weighted by molar-refractivity contribution is -0.128. The normalized spacial score (nSPS) is 15.6. The van der Waals surface area contributed by atoms with Crippen LogP contribution in [0, 0.1) is 6.92 Å². The Balaban J connectivity index is 1.66. The Kier molecular flexibility index (Phi) is 6.43. The first kappa shape index (κ1) is 19.8. The Labute approximate surface area is 167 Å². The smallest absolute Gasteiger partial charge is 0.261 e. The number of nitrogens with one attached hydrogen (secondary N) is 1. The number of benzene rings is 2. The minimum atomic E-state index is -0.572. The van der Waals surface area contributed by atoms with Gasteiger partial charge in [-0.3, -0.25) is 4.79 Å². The second-order valence-corrected chi connectivity index (χ2v) is 7.78. The molecule has 3 nitrogen and oxygen atoms in total. The van der Waals surface area contributed by atoms with Crippen molar-refractivity contribution >= 4 is 17.5 Å². The Morgan fingerprint density at radius 3 is 2.59 bits per heavy atom. The number of ether oxygens (including phenoxy) is 1. The standard InChI is InChI=1S/C23H28ClNO2/c1-4-22(19-10-9-17-7-5-6-8-18(17)14-19)25-23(26)16(3)27-20-11-12-21(24)15(2)13-20/h9-14,16,22H,4-8H2,1-3H3,(H,25,26)/t16-,22-/m0/s1. The molecule has 1 amide bonds.